The molecule has 34 heavy (non-hydrogen) atoms. The van der Waals surface area contributed by atoms with Crippen LogP contribution in [0.5, 0.6) is 0 Å². The number of nitrogens with one attached hydrogen (secondary N) is 1. The van der Waals surface area contributed by atoms with Crippen LogP contribution in [0.1, 0.15) is 63.4 Å². The van der Waals surface area contributed by atoms with Gasteiger partial charge in [0.25, 0.3) is 0 Å². The van der Waals surface area contributed by atoms with Crippen molar-refractivity contribution in [3.63, 3.8) is 0 Å². The molecule has 186 valence electrons. The number of nitrogens with zero attached hydrogens (tertiary/aromatic N) is 2. The van der Waals surface area contributed by atoms with Crippen molar-refractivity contribution in [2.24, 2.45) is 22.7 Å². The standard InChI is InChI=1S/C25H30F3N3OS.ClH/c26-25(27,28)18-1-3-19(4-2-18)29-22(32)10-21-14-33-23(31(21)20-5-6-20)30-24-11-15-7-16(12-24)9-17(8-15)13-24;/h1-4,15-17,20-21H,5-14H2,(H,29,32);1H. The average molecular weight is 514 g/mol. The average Bonchev–Trinajstić information content (AvgIpc) is 3.49. The van der Waals surface area contributed by atoms with Crippen LogP contribution in [0.4, 0.5) is 18.9 Å². The lowest BCUT2D eigenvalue weighted by Gasteiger charge is -2.55. The summed E-state index contributed by atoms with van der Waals surface area (Å²) in [5, 5.41) is 3.93. The number of amidine groups is 1. The SMILES string of the molecule is Cl.O=C(CC1CSC(=NC23CC4CC(CC(C4)C2)C3)N1C1CC1)Nc1ccc(C(F)(F)F)cc1. The molecule has 4 bridgehead atoms. The van der Waals surface area contributed by atoms with E-state index in [4.69, 9.17) is 4.99 Å². The normalized spacial score (nSPS) is 35.5. The maximum atomic E-state index is 12.8. The molecule has 5 saturated carbocycles. The van der Waals surface area contributed by atoms with Gasteiger partial charge < -0.3 is 10.2 Å². The molecule has 1 saturated heterocycles. The molecule has 7 rings (SSSR count). The fourth-order valence-corrected chi connectivity index (χ4v) is 8.43. The highest BCUT2D eigenvalue weighted by Gasteiger charge is 2.52. The van der Waals surface area contributed by atoms with E-state index < -0.39 is 11.7 Å². The maximum Gasteiger partial charge on any atom is 0.416 e. The van der Waals surface area contributed by atoms with Gasteiger partial charge in [0.2, 0.25) is 5.91 Å². The number of anilines is 1. The first-order valence-electron chi connectivity index (χ1n) is 12.2. The molecule has 5 aliphatic carbocycles. The van der Waals surface area contributed by atoms with Crippen LogP contribution >= 0.6 is 24.2 Å². The van der Waals surface area contributed by atoms with Gasteiger partial charge in [-0.3, -0.25) is 9.79 Å². The molecule has 6 fully saturated rings. The van der Waals surface area contributed by atoms with Gasteiger partial charge in [-0.05, 0) is 93.4 Å². The van der Waals surface area contributed by atoms with Crippen molar-refractivity contribution in [1.82, 2.24) is 4.90 Å². The zero-order valence-corrected chi connectivity index (χ0v) is 20.7. The van der Waals surface area contributed by atoms with Gasteiger partial charge in [0.05, 0.1) is 11.1 Å². The van der Waals surface area contributed by atoms with E-state index in [2.05, 4.69) is 10.2 Å². The monoisotopic (exact) mass is 513 g/mol. The van der Waals surface area contributed by atoms with Gasteiger partial charge in [-0.25, -0.2) is 0 Å². The summed E-state index contributed by atoms with van der Waals surface area (Å²) < 4.78 is 38.3. The van der Waals surface area contributed by atoms with Gasteiger partial charge in [-0.15, -0.1) is 12.4 Å². The van der Waals surface area contributed by atoms with Crippen molar-refractivity contribution in [2.75, 3.05) is 11.1 Å². The number of carbonyl (C=O) groups is 1. The number of aliphatic imine (C=N–C) groups is 1. The summed E-state index contributed by atoms with van der Waals surface area (Å²) in [4.78, 5) is 20.6. The van der Waals surface area contributed by atoms with Gasteiger partial charge in [0.1, 0.15) is 0 Å². The van der Waals surface area contributed by atoms with E-state index in [0.717, 1.165) is 53.6 Å². The van der Waals surface area contributed by atoms with E-state index >= 15 is 0 Å². The molecule has 1 unspecified atom stereocenters. The number of hydrogen-bond donors (Lipinski definition) is 1. The molecule has 1 aromatic rings. The molecule has 0 spiro atoms. The van der Waals surface area contributed by atoms with Crippen LogP contribution in [-0.2, 0) is 11.0 Å². The van der Waals surface area contributed by atoms with Crippen LogP contribution in [0.15, 0.2) is 29.3 Å². The Bertz CT molecular complexity index is 928. The third kappa shape index (κ3) is 4.81. The minimum absolute atomic E-state index is 0. The Labute approximate surface area is 208 Å². The number of rotatable bonds is 5. The van der Waals surface area contributed by atoms with E-state index in [-0.39, 0.29) is 29.9 Å². The first kappa shape index (κ1) is 24.3. The number of halogens is 4. The second kappa shape index (κ2) is 8.91. The quantitative estimate of drug-likeness (QED) is 0.498. The van der Waals surface area contributed by atoms with Crippen LogP contribution in [0, 0.1) is 17.8 Å². The zero-order chi connectivity index (χ0) is 22.8. The predicted octanol–water partition coefficient (Wildman–Crippen LogP) is 6.36. The number of hydrogen-bond acceptors (Lipinski definition) is 3. The molecule has 0 radical (unpaired) electrons. The lowest BCUT2D eigenvalue weighted by atomic mass is 9.53. The third-order valence-corrected chi connectivity index (χ3v) is 9.33. The Kier molecular flexibility index (Phi) is 6.37. The molecule has 1 N–H and O–H groups in total. The number of amides is 1. The van der Waals surface area contributed by atoms with Gasteiger partial charge in [-0.2, -0.15) is 13.2 Å². The van der Waals surface area contributed by atoms with Crippen molar-refractivity contribution in [1.29, 1.82) is 0 Å². The summed E-state index contributed by atoms with van der Waals surface area (Å²) in [6.07, 6.45) is 6.17. The second-order valence-electron chi connectivity index (χ2n) is 11.0. The smallest absolute Gasteiger partial charge is 0.344 e. The van der Waals surface area contributed by atoms with E-state index in [9.17, 15) is 18.0 Å². The first-order chi connectivity index (χ1) is 15.8. The summed E-state index contributed by atoms with van der Waals surface area (Å²) >= 11 is 1.80. The maximum absolute atomic E-state index is 12.8. The Morgan fingerprint density at radius 2 is 1.65 bits per heavy atom. The summed E-state index contributed by atoms with van der Waals surface area (Å²) in [7, 11) is 0. The number of carbonyl (C=O) groups excluding carboxylic acids is 1. The van der Waals surface area contributed by atoms with Crippen molar-refractivity contribution < 1.29 is 18.0 Å². The predicted molar refractivity (Wildman–Crippen MR) is 131 cm³/mol. The van der Waals surface area contributed by atoms with Gasteiger partial charge in [0.15, 0.2) is 5.17 Å². The van der Waals surface area contributed by atoms with E-state index in [1.807, 2.05) is 0 Å². The largest absolute Gasteiger partial charge is 0.416 e. The molecule has 4 nitrogen and oxygen atoms in total. The first-order valence-corrected chi connectivity index (χ1v) is 13.2. The molecule has 1 aromatic carbocycles. The van der Waals surface area contributed by atoms with E-state index in [1.165, 1.54) is 50.7 Å². The molecular formula is C25H31ClF3N3OS. The van der Waals surface area contributed by atoms with Gasteiger partial charge in [-0.1, -0.05) is 11.8 Å². The fraction of sp³-hybridized carbons (Fsp3) is 0.680. The molecular weight excluding hydrogens is 483 g/mol. The van der Waals surface area contributed by atoms with Crippen LogP contribution in [0.25, 0.3) is 0 Å². The van der Waals surface area contributed by atoms with E-state index in [0.29, 0.717) is 18.2 Å². The molecule has 1 aliphatic heterocycles. The van der Waals surface area contributed by atoms with Crippen LogP contribution in [-0.4, -0.2) is 39.4 Å². The van der Waals surface area contributed by atoms with Crippen molar-refractivity contribution in [3.05, 3.63) is 29.8 Å². The highest BCUT2D eigenvalue weighted by Crippen LogP contribution is 2.57. The van der Waals surface area contributed by atoms with Gasteiger partial charge in [0, 0.05) is 29.9 Å². The zero-order valence-electron chi connectivity index (χ0n) is 19.0. The van der Waals surface area contributed by atoms with Crippen LogP contribution in [0.3, 0.4) is 0 Å². The molecule has 1 amide bonds. The van der Waals surface area contributed by atoms with Crippen molar-refractivity contribution in [3.8, 4) is 0 Å². The minimum Gasteiger partial charge on any atom is -0.344 e. The second-order valence-corrected chi connectivity index (χ2v) is 12.0. The fourth-order valence-electron chi connectivity index (χ4n) is 7.11. The lowest BCUT2D eigenvalue weighted by Crippen LogP contribution is -2.50. The highest BCUT2D eigenvalue weighted by atomic mass is 35.5. The van der Waals surface area contributed by atoms with Gasteiger partial charge >= 0.3 is 6.18 Å². The third-order valence-electron chi connectivity index (χ3n) is 8.22. The number of benzene rings is 1. The summed E-state index contributed by atoms with van der Waals surface area (Å²) in [5.74, 6) is 3.26. The Balaban J connectivity index is 0.00000241. The molecule has 1 heterocycles. The topological polar surface area (TPSA) is 44.7 Å². The van der Waals surface area contributed by atoms with Crippen molar-refractivity contribution in [2.45, 2.75) is 81.6 Å². The minimum atomic E-state index is -4.37. The summed E-state index contributed by atoms with van der Waals surface area (Å²) in [6.45, 7) is 0. The summed E-state index contributed by atoms with van der Waals surface area (Å²) in [5.41, 5.74) is -0.182. The Morgan fingerprint density at radius 1 is 1.06 bits per heavy atom. The van der Waals surface area contributed by atoms with E-state index in [1.54, 1.807) is 11.8 Å². The van der Waals surface area contributed by atoms with Crippen LogP contribution < -0.4 is 5.32 Å². The Hall–Kier alpha value is -1.41. The lowest BCUT2D eigenvalue weighted by molar-refractivity contribution is -0.137. The van der Waals surface area contributed by atoms with Crippen LogP contribution in [0.2, 0.25) is 0 Å². The highest BCUT2D eigenvalue weighted by molar-refractivity contribution is 8.14. The van der Waals surface area contributed by atoms with Crippen molar-refractivity contribution >= 4 is 40.9 Å². The summed E-state index contributed by atoms with van der Waals surface area (Å²) in [6, 6.07) is 5.24. The number of thioether (sulfide) groups is 1. The molecule has 9 heteroatoms. The number of alkyl halides is 3. The Morgan fingerprint density at radius 3 is 2.18 bits per heavy atom. The molecule has 1 atom stereocenters. The molecule has 0 aromatic heterocycles. The molecule has 6 aliphatic rings.